The third-order valence-corrected chi connectivity index (χ3v) is 3.06. The van der Waals surface area contributed by atoms with E-state index in [9.17, 15) is 0 Å². The quantitative estimate of drug-likeness (QED) is 0.628. The molecule has 15 heavy (non-hydrogen) atoms. The first-order chi connectivity index (χ1) is 7.27. The highest BCUT2D eigenvalue weighted by molar-refractivity contribution is 6.40. The number of hydrogen-bond acceptors (Lipinski definition) is 1. The molecule has 0 radical (unpaired) electrons. The molecule has 2 nitrogen and oxygen atoms in total. The van der Waals surface area contributed by atoms with Crippen molar-refractivity contribution in [3.8, 4) is 0 Å². The lowest BCUT2D eigenvalue weighted by Crippen LogP contribution is -1.74. The minimum absolute atomic E-state index is 0.682. The summed E-state index contributed by atoms with van der Waals surface area (Å²) in [5.41, 5.74) is 1.65. The Balaban J connectivity index is 2.65. The van der Waals surface area contributed by atoms with Gasteiger partial charge >= 0.3 is 0 Å². The number of H-pyrrole nitrogens is 1. The van der Waals surface area contributed by atoms with Crippen molar-refractivity contribution in [1.82, 2.24) is 9.97 Å². The first-order valence-electron chi connectivity index (χ1n) is 4.48. The van der Waals surface area contributed by atoms with Gasteiger partial charge in [-0.05, 0) is 12.1 Å². The number of halogens is 2. The van der Waals surface area contributed by atoms with Gasteiger partial charge in [-0.15, -0.1) is 0 Å². The molecule has 1 N–H and O–H groups in total. The summed E-state index contributed by atoms with van der Waals surface area (Å²) in [5, 5.41) is 3.31. The summed E-state index contributed by atoms with van der Waals surface area (Å²) >= 11 is 12.2. The summed E-state index contributed by atoms with van der Waals surface area (Å²) in [7, 11) is 0. The third kappa shape index (κ3) is 1.22. The van der Waals surface area contributed by atoms with Crippen molar-refractivity contribution in [2.75, 3.05) is 0 Å². The maximum atomic E-state index is 6.13. The number of pyridine rings is 1. The largest absolute Gasteiger partial charge is 0.338 e. The monoisotopic (exact) mass is 236 g/mol. The highest BCUT2D eigenvalue weighted by Gasteiger charge is 2.09. The van der Waals surface area contributed by atoms with Gasteiger partial charge in [-0.1, -0.05) is 35.3 Å². The van der Waals surface area contributed by atoms with Crippen LogP contribution in [0.2, 0.25) is 10.0 Å². The Bertz CT molecular complexity index is 658. The predicted octanol–water partition coefficient (Wildman–Crippen LogP) is 4.02. The number of rotatable bonds is 0. The van der Waals surface area contributed by atoms with Gasteiger partial charge in [0.2, 0.25) is 0 Å². The number of fused-ring (bicyclic) bond motifs is 3. The molecule has 0 aliphatic carbocycles. The van der Waals surface area contributed by atoms with E-state index in [4.69, 9.17) is 23.2 Å². The van der Waals surface area contributed by atoms with Crippen molar-refractivity contribution in [1.29, 1.82) is 0 Å². The highest BCUT2D eigenvalue weighted by Crippen LogP contribution is 2.32. The molecule has 0 saturated carbocycles. The van der Waals surface area contributed by atoms with E-state index in [0.29, 0.717) is 10.0 Å². The Hall–Kier alpha value is -1.25. The number of aromatic nitrogens is 2. The van der Waals surface area contributed by atoms with Crippen molar-refractivity contribution in [3.05, 3.63) is 40.5 Å². The van der Waals surface area contributed by atoms with Crippen LogP contribution in [-0.4, -0.2) is 9.97 Å². The number of nitrogens with zero attached hydrogens (tertiary/aromatic N) is 1. The van der Waals surface area contributed by atoms with Crippen LogP contribution in [0.25, 0.3) is 21.9 Å². The summed E-state index contributed by atoms with van der Waals surface area (Å²) < 4.78 is 0. The molecule has 3 aromatic rings. The lowest BCUT2D eigenvalue weighted by molar-refractivity contribution is 1.35. The predicted molar refractivity (Wildman–Crippen MR) is 63.6 cm³/mol. The van der Waals surface area contributed by atoms with Crippen LogP contribution in [0.1, 0.15) is 0 Å². The van der Waals surface area contributed by atoms with E-state index >= 15 is 0 Å². The molecule has 0 saturated heterocycles. The summed E-state index contributed by atoms with van der Waals surface area (Å²) in [6, 6.07) is 7.50. The highest BCUT2D eigenvalue weighted by atomic mass is 35.5. The number of nitrogens with one attached hydrogen (secondary N) is 1. The van der Waals surface area contributed by atoms with Gasteiger partial charge in [0.15, 0.2) is 0 Å². The Morgan fingerprint density at radius 2 is 1.93 bits per heavy atom. The summed E-state index contributed by atoms with van der Waals surface area (Å²) in [4.78, 5) is 7.38. The van der Waals surface area contributed by atoms with Crippen LogP contribution in [-0.2, 0) is 0 Å². The second kappa shape index (κ2) is 3.12. The zero-order chi connectivity index (χ0) is 10.4. The molecule has 0 amide bonds. The van der Waals surface area contributed by atoms with Crippen molar-refractivity contribution in [3.63, 3.8) is 0 Å². The van der Waals surface area contributed by atoms with E-state index in [1.54, 1.807) is 12.3 Å². The average molecular weight is 237 g/mol. The van der Waals surface area contributed by atoms with Crippen LogP contribution >= 0.6 is 23.2 Å². The molecule has 0 aliphatic rings. The molecule has 0 unspecified atom stereocenters. The Morgan fingerprint density at radius 3 is 2.80 bits per heavy atom. The number of benzene rings is 1. The van der Waals surface area contributed by atoms with Gasteiger partial charge in [-0.3, -0.25) is 0 Å². The Labute approximate surface area is 95.8 Å². The van der Waals surface area contributed by atoms with Crippen LogP contribution in [0.5, 0.6) is 0 Å². The topological polar surface area (TPSA) is 28.7 Å². The lowest BCUT2D eigenvalue weighted by atomic mass is 10.2. The molecular weight excluding hydrogens is 231 g/mol. The van der Waals surface area contributed by atoms with Crippen molar-refractivity contribution < 1.29 is 0 Å². The van der Waals surface area contributed by atoms with Gasteiger partial charge in [0.1, 0.15) is 5.65 Å². The fourth-order valence-electron chi connectivity index (χ4n) is 1.77. The fraction of sp³-hybridized carbons (Fsp3) is 0. The van der Waals surface area contributed by atoms with Crippen LogP contribution in [0.3, 0.4) is 0 Å². The molecule has 1 aromatic carbocycles. The van der Waals surface area contributed by atoms with Crippen LogP contribution < -0.4 is 0 Å². The molecule has 0 spiro atoms. The minimum atomic E-state index is 0.682. The van der Waals surface area contributed by atoms with Gasteiger partial charge < -0.3 is 4.98 Å². The molecule has 2 aromatic heterocycles. The molecule has 3 rings (SSSR count). The van der Waals surface area contributed by atoms with E-state index in [1.165, 1.54) is 0 Å². The van der Waals surface area contributed by atoms with Crippen LogP contribution in [0.4, 0.5) is 0 Å². The molecule has 0 atom stereocenters. The second-order valence-corrected chi connectivity index (χ2v) is 4.12. The molecular formula is C11H6Cl2N2. The number of aromatic amines is 1. The third-order valence-electron chi connectivity index (χ3n) is 2.43. The first-order valence-corrected chi connectivity index (χ1v) is 5.23. The SMILES string of the molecule is Clc1cccc2c1[nH]c1nccc(Cl)c12. The Kier molecular flexibility index (Phi) is 1.87. The van der Waals surface area contributed by atoms with Gasteiger partial charge in [-0.2, -0.15) is 0 Å². The maximum Gasteiger partial charge on any atom is 0.139 e. The standard InChI is InChI=1S/C11H6Cl2N2/c12-7-4-5-14-11-9(7)6-2-1-3-8(13)10(6)15-11/h1-5H,(H,14,15). The second-order valence-electron chi connectivity index (χ2n) is 3.30. The minimum Gasteiger partial charge on any atom is -0.338 e. The van der Waals surface area contributed by atoms with E-state index in [-0.39, 0.29) is 0 Å². The van der Waals surface area contributed by atoms with Crippen molar-refractivity contribution in [2.45, 2.75) is 0 Å². The lowest BCUT2D eigenvalue weighted by Gasteiger charge is -1.93. The normalized spacial score (nSPS) is 11.3. The Morgan fingerprint density at radius 1 is 1.07 bits per heavy atom. The van der Waals surface area contributed by atoms with Crippen molar-refractivity contribution in [2.24, 2.45) is 0 Å². The maximum absolute atomic E-state index is 6.13. The van der Waals surface area contributed by atoms with Gasteiger partial charge in [0.05, 0.1) is 15.6 Å². The van der Waals surface area contributed by atoms with Crippen LogP contribution in [0.15, 0.2) is 30.5 Å². The van der Waals surface area contributed by atoms with Crippen molar-refractivity contribution >= 4 is 45.1 Å². The molecule has 74 valence electrons. The zero-order valence-corrected chi connectivity index (χ0v) is 9.10. The molecule has 2 heterocycles. The van der Waals surface area contributed by atoms with Gasteiger partial charge in [0.25, 0.3) is 0 Å². The zero-order valence-electron chi connectivity index (χ0n) is 7.59. The van der Waals surface area contributed by atoms with E-state index < -0.39 is 0 Å². The average Bonchev–Trinajstić information content (AvgIpc) is 2.59. The summed E-state index contributed by atoms with van der Waals surface area (Å²) in [6.45, 7) is 0. The van der Waals surface area contributed by atoms with E-state index in [1.807, 2.05) is 18.2 Å². The molecule has 0 bridgehead atoms. The number of hydrogen-bond donors (Lipinski definition) is 1. The molecule has 4 heteroatoms. The van der Waals surface area contributed by atoms with E-state index in [2.05, 4.69) is 9.97 Å². The smallest absolute Gasteiger partial charge is 0.139 e. The van der Waals surface area contributed by atoms with Crippen LogP contribution in [0, 0.1) is 0 Å². The fourth-order valence-corrected chi connectivity index (χ4v) is 2.24. The summed E-state index contributed by atoms with van der Waals surface area (Å²) in [6.07, 6.45) is 1.67. The van der Waals surface area contributed by atoms with Gasteiger partial charge in [0, 0.05) is 17.0 Å². The number of para-hydroxylation sites is 1. The first kappa shape index (κ1) is 9.01. The molecule has 0 aliphatic heterocycles. The molecule has 0 fully saturated rings. The van der Waals surface area contributed by atoms with Gasteiger partial charge in [-0.25, -0.2) is 4.98 Å². The summed E-state index contributed by atoms with van der Waals surface area (Å²) in [5.74, 6) is 0. The van der Waals surface area contributed by atoms with E-state index in [0.717, 1.165) is 21.9 Å².